The van der Waals surface area contributed by atoms with E-state index in [1.54, 1.807) is 13.0 Å². The quantitative estimate of drug-likeness (QED) is 0.484. The number of aromatic nitrogens is 1. The summed E-state index contributed by atoms with van der Waals surface area (Å²) >= 11 is 6.65. The molecule has 2 rings (SSSR count). The molecule has 1 heterocycles. The van der Waals surface area contributed by atoms with E-state index in [2.05, 4.69) is 9.72 Å². The van der Waals surface area contributed by atoms with Gasteiger partial charge in [-0.15, -0.1) is 0 Å². The summed E-state index contributed by atoms with van der Waals surface area (Å²) in [5.41, 5.74) is 0.530. The molecule has 0 saturated heterocycles. The first-order valence-electron chi connectivity index (χ1n) is 5.60. The Bertz CT molecular complexity index is 716. The summed E-state index contributed by atoms with van der Waals surface area (Å²) in [6.07, 6.45) is 0. The first kappa shape index (κ1) is 15.2. The Kier molecular flexibility index (Phi) is 4.39. The number of carbonyl (C=O) groups excluding carboxylic acids is 1. The van der Waals surface area contributed by atoms with Crippen LogP contribution >= 0.6 is 22.9 Å². The SMILES string of the molecule is COC(=O)c1sc(Oc2ccc(C)cc2[N+](=O)[O-])nc1Cl. The molecule has 0 bridgehead atoms. The molecule has 1 aromatic carbocycles. The van der Waals surface area contributed by atoms with Crippen LogP contribution in [0.5, 0.6) is 10.9 Å². The normalized spacial score (nSPS) is 10.2. The minimum atomic E-state index is -0.647. The molecule has 0 amide bonds. The van der Waals surface area contributed by atoms with E-state index in [0.29, 0.717) is 0 Å². The van der Waals surface area contributed by atoms with Crippen molar-refractivity contribution in [1.82, 2.24) is 4.98 Å². The highest BCUT2D eigenvalue weighted by molar-refractivity contribution is 7.15. The van der Waals surface area contributed by atoms with Gasteiger partial charge < -0.3 is 9.47 Å². The number of ether oxygens (including phenoxy) is 2. The minimum absolute atomic E-state index is 0.0207. The average molecular weight is 329 g/mol. The molecule has 0 N–H and O–H groups in total. The van der Waals surface area contributed by atoms with Crippen LogP contribution in [0.15, 0.2) is 18.2 Å². The van der Waals surface area contributed by atoms with Gasteiger partial charge in [0.25, 0.3) is 5.19 Å². The van der Waals surface area contributed by atoms with Crippen LogP contribution in [0, 0.1) is 17.0 Å². The number of nitro benzene ring substituents is 1. The third kappa shape index (κ3) is 3.29. The lowest BCUT2D eigenvalue weighted by atomic mass is 10.2. The molecular formula is C12H9ClN2O5S. The van der Waals surface area contributed by atoms with Crippen LogP contribution in [0.25, 0.3) is 0 Å². The molecule has 2 aromatic rings. The minimum Gasteiger partial charge on any atom is -0.465 e. The fourth-order valence-electron chi connectivity index (χ4n) is 1.50. The molecule has 0 fully saturated rings. The number of halogens is 1. The zero-order chi connectivity index (χ0) is 15.6. The molecule has 0 saturated carbocycles. The Morgan fingerprint density at radius 1 is 1.48 bits per heavy atom. The van der Waals surface area contributed by atoms with E-state index in [1.807, 2.05) is 0 Å². The summed E-state index contributed by atoms with van der Waals surface area (Å²) in [5, 5.41) is 10.9. The molecule has 110 valence electrons. The molecule has 0 aliphatic heterocycles. The maximum Gasteiger partial charge on any atom is 0.351 e. The van der Waals surface area contributed by atoms with Crippen molar-refractivity contribution in [2.75, 3.05) is 7.11 Å². The van der Waals surface area contributed by atoms with Gasteiger partial charge in [-0.25, -0.2) is 4.79 Å². The molecule has 9 heteroatoms. The molecule has 0 unspecified atom stereocenters. The maximum absolute atomic E-state index is 11.4. The lowest BCUT2D eigenvalue weighted by Gasteiger charge is -2.03. The third-order valence-electron chi connectivity index (χ3n) is 2.45. The molecule has 1 aromatic heterocycles. The van der Waals surface area contributed by atoms with Crippen LogP contribution in [-0.4, -0.2) is 23.0 Å². The Hall–Kier alpha value is -2.19. The Balaban J connectivity index is 2.35. The van der Waals surface area contributed by atoms with Crippen molar-refractivity contribution in [1.29, 1.82) is 0 Å². The summed E-state index contributed by atoms with van der Waals surface area (Å²) in [6, 6.07) is 4.51. The van der Waals surface area contributed by atoms with Crippen molar-refractivity contribution in [3.8, 4) is 10.9 Å². The van der Waals surface area contributed by atoms with E-state index in [0.717, 1.165) is 16.9 Å². The first-order valence-corrected chi connectivity index (χ1v) is 6.79. The van der Waals surface area contributed by atoms with Gasteiger partial charge in [0.15, 0.2) is 10.0 Å². The van der Waals surface area contributed by atoms with E-state index >= 15 is 0 Å². The molecule has 0 aliphatic carbocycles. The van der Waals surface area contributed by atoms with Crippen molar-refractivity contribution in [3.63, 3.8) is 0 Å². The zero-order valence-corrected chi connectivity index (χ0v) is 12.5. The second-order valence-corrected chi connectivity index (χ2v) is 5.24. The Morgan fingerprint density at radius 3 is 2.81 bits per heavy atom. The monoisotopic (exact) mass is 328 g/mol. The smallest absolute Gasteiger partial charge is 0.351 e. The number of hydrogen-bond acceptors (Lipinski definition) is 7. The number of rotatable bonds is 4. The van der Waals surface area contributed by atoms with Crippen LogP contribution in [0.2, 0.25) is 5.15 Å². The predicted octanol–water partition coefficient (Wildman–Crippen LogP) is 3.59. The van der Waals surface area contributed by atoms with Gasteiger partial charge in [-0.1, -0.05) is 29.0 Å². The second kappa shape index (κ2) is 6.06. The third-order valence-corrected chi connectivity index (χ3v) is 3.74. The molecule has 0 radical (unpaired) electrons. The van der Waals surface area contributed by atoms with E-state index in [4.69, 9.17) is 16.3 Å². The number of aryl methyl sites for hydroxylation is 1. The van der Waals surface area contributed by atoms with E-state index < -0.39 is 10.9 Å². The second-order valence-electron chi connectivity index (χ2n) is 3.92. The van der Waals surface area contributed by atoms with Crippen molar-refractivity contribution in [2.24, 2.45) is 0 Å². The predicted molar refractivity (Wildman–Crippen MR) is 76.4 cm³/mol. The number of methoxy groups -OCH3 is 1. The van der Waals surface area contributed by atoms with Crippen LogP contribution in [0.3, 0.4) is 0 Å². The number of thiazole rings is 1. The fraction of sp³-hybridized carbons (Fsp3) is 0.167. The van der Waals surface area contributed by atoms with Crippen molar-refractivity contribution < 1.29 is 19.2 Å². The van der Waals surface area contributed by atoms with Crippen LogP contribution in [0.1, 0.15) is 15.2 Å². The highest BCUT2D eigenvalue weighted by atomic mass is 35.5. The number of hydrogen-bond donors (Lipinski definition) is 0. The first-order chi connectivity index (χ1) is 9.92. The Labute approximate surface area is 128 Å². The summed E-state index contributed by atoms with van der Waals surface area (Å²) in [5.74, 6) is -0.627. The molecule has 0 atom stereocenters. The number of esters is 1. The summed E-state index contributed by atoms with van der Waals surface area (Å²) in [7, 11) is 1.21. The highest BCUT2D eigenvalue weighted by Gasteiger charge is 2.21. The number of nitrogens with zero attached hydrogens (tertiary/aromatic N) is 2. The molecule has 21 heavy (non-hydrogen) atoms. The number of carbonyl (C=O) groups is 1. The number of benzene rings is 1. The van der Waals surface area contributed by atoms with Gasteiger partial charge in [-0.3, -0.25) is 10.1 Å². The largest absolute Gasteiger partial charge is 0.465 e. The van der Waals surface area contributed by atoms with Crippen molar-refractivity contribution >= 4 is 34.6 Å². The van der Waals surface area contributed by atoms with E-state index in [9.17, 15) is 14.9 Å². The molecule has 0 aliphatic rings. The standard InChI is InChI=1S/C12H9ClN2O5S/c1-6-3-4-8(7(5-6)15(17)18)20-12-14-10(13)9(21-12)11(16)19-2/h3-5H,1-2H3. The summed E-state index contributed by atoms with van der Waals surface area (Å²) in [4.78, 5) is 25.8. The molecule has 0 spiro atoms. The van der Waals surface area contributed by atoms with Gasteiger partial charge >= 0.3 is 11.7 Å². The Morgan fingerprint density at radius 2 is 2.19 bits per heavy atom. The number of nitro groups is 1. The van der Waals surface area contributed by atoms with Crippen LogP contribution in [-0.2, 0) is 4.74 Å². The van der Waals surface area contributed by atoms with Crippen molar-refractivity contribution in [2.45, 2.75) is 6.92 Å². The fourth-order valence-corrected chi connectivity index (χ4v) is 2.56. The summed E-state index contributed by atoms with van der Waals surface area (Å²) in [6.45, 7) is 1.73. The molecular weight excluding hydrogens is 320 g/mol. The van der Waals surface area contributed by atoms with Gasteiger partial charge in [0.2, 0.25) is 5.75 Å². The summed E-state index contributed by atoms with van der Waals surface area (Å²) < 4.78 is 9.90. The maximum atomic E-state index is 11.4. The van der Waals surface area contributed by atoms with E-state index in [1.165, 1.54) is 19.2 Å². The van der Waals surface area contributed by atoms with Crippen molar-refractivity contribution in [3.05, 3.63) is 43.9 Å². The lowest BCUT2D eigenvalue weighted by Crippen LogP contribution is -1.98. The van der Waals surface area contributed by atoms with Crippen LogP contribution < -0.4 is 4.74 Å². The average Bonchev–Trinajstić information content (AvgIpc) is 2.80. The van der Waals surface area contributed by atoms with Gasteiger partial charge in [0.1, 0.15) is 0 Å². The van der Waals surface area contributed by atoms with Gasteiger partial charge in [-0.05, 0) is 18.6 Å². The molecule has 7 nitrogen and oxygen atoms in total. The van der Waals surface area contributed by atoms with Gasteiger partial charge in [0.05, 0.1) is 12.0 Å². The lowest BCUT2D eigenvalue weighted by molar-refractivity contribution is -0.385. The highest BCUT2D eigenvalue weighted by Crippen LogP contribution is 2.36. The zero-order valence-electron chi connectivity index (χ0n) is 11.0. The van der Waals surface area contributed by atoms with Gasteiger partial charge in [-0.2, -0.15) is 4.98 Å². The van der Waals surface area contributed by atoms with Crippen LogP contribution in [0.4, 0.5) is 5.69 Å². The van der Waals surface area contributed by atoms with Gasteiger partial charge in [0, 0.05) is 6.07 Å². The topological polar surface area (TPSA) is 91.6 Å². The van der Waals surface area contributed by atoms with E-state index in [-0.39, 0.29) is 26.7 Å².